The lowest BCUT2D eigenvalue weighted by Gasteiger charge is -2.24. The van der Waals surface area contributed by atoms with E-state index in [1.165, 1.54) is 0 Å². The molecule has 0 aliphatic rings. The Hall–Kier alpha value is -1.27. The molecule has 1 aromatic heterocycles. The molecule has 0 fully saturated rings. The first-order valence-electron chi connectivity index (χ1n) is 5.72. The second kappa shape index (κ2) is 5.58. The third-order valence-electron chi connectivity index (χ3n) is 3.11. The second-order valence-electron chi connectivity index (χ2n) is 3.99. The van der Waals surface area contributed by atoms with Crippen molar-refractivity contribution in [3.05, 3.63) is 42.2 Å². The molecule has 0 unspecified atom stereocenters. The number of benzene rings is 1. The SMILES string of the molecule is CO[Si](Cc1cccc2cnccc12)(OC)OC. The number of nitrogens with zero attached hydrogens (tertiary/aromatic N) is 1. The molecule has 0 amide bonds. The monoisotopic (exact) mass is 263 g/mol. The van der Waals surface area contributed by atoms with Crippen LogP contribution in [0.2, 0.25) is 0 Å². The van der Waals surface area contributed by atoms with Crippen LogP contribution in [0, 0.1) is 0 Å². The van der Waals surface area contributed by atoms with Gasteiger partial charge in [0.2, 0.25) is 0 Å². The van der Waals surface area contributed by atoms with Crippen molar-refractivity contribution < 1.29 is 13.3 Å². The standard InChI is InChI=1S/C13H17NO3Si/c1-15-18(16-2,17-3)10-12-6-4-5-11-9-14-8-7-13(11)12/h4-9H,10H2,1-3H3. The predicted molar refractivity (Wildman–Crippen MR) is 72.2 cm³/mol. The van der Waals surface area contributed by atoms with Crippen LogP contribution in [0.25, 0.3) is 10.8 Å². The first-order valence-corrected chi connectivity index (χ1v) is 7.65. The van der Waals surface area contributed by atoms with E-state index in [1.807, 2.05) is 24.4 Å². The molecule has 0 aliphatic heterocycles. The molecule has 2 aromatic rings. The van der Waals surface area contributed by atoms with E-state index < -0.39 is 8.80 Å². The minimum absolute atomic E-state index is 0.651. The minimum atomic E-state index is -2.60. The molecule has 0 saturated heterocycles. The number of hydrogen-bond acceptors (Lipinski definition) is 4. The highest BCUT2D eigenvalue weighted by Gasteiger charge is 2.38. The summed E-state index contributed by atoms with van der Waals surface area (Å²) >= 11 is 0. The lowest BCUT2D eigenvalue weighted by molar-refractivity contribution is 0.123. The zero-order valence-corrected chi connectivity index (χ0v) is 11.8. The van der Waals surface area contributed by atoms with E-state index in [0.717, 1.165) is 16.3 Å². The van der Waals surface area contributed by atoms with Crippen LogP contribution in [0.4, 0.5) is 0 Å². The van der Waals surface area contributed by atoms with Crippen LogP contribution in [-0.2, 0) is 19.3 Å². The van der Waals surface area contributed by atoms with Crippen molar-refractivity contribution in [3.63, 3.8) is 0 Å². The summed E-state index contributed by atoms with van der Waals surface area (Å²) in [4.78, 5) is 4.13. The molecule has 0 saturated carbocycles. The van der Waals surface area contributed by atoms with Gasteiger partial charge in [0.1, 0.15) is 0 Å². The molecule has 0 bridgehead atoms. The van der Waals surface area contributed by atoms with Crippen LogP contribution in [-0.4, -0.2) is 35.1 Å². The third kappa shape index (κ3) is 2.44. The molecule has 4 nitrogen and oxygen atoms in total. The fourth-order valence-electron chi connectivity index (χ4n) is 2.04. The van der Waals surface area contributed by atoms with Gasteiger partial charge in [0.05, 0.1) is 0 Å². The molecule has 0 aliphatic carbocycles. The van der Waals surface area contributed by atoms with Crippen LogP contribution in [0.3, 0.4) is 0 Å². The van der Waals surface area contributed by atoms with E-state index in [9.17, 15) is 0 Å². The summed E-state index contributed by atoms with van der Waals surface area (Å²) < 4.78 is 16.4. The van der Waals surface area contributed by atoms with Gasteiger partial charge in [-0.2, -0.15) is 0 Å². The summed E-state index contributed by atoms with van der Waals surface area (Å²) in [6.07, 6.45) is 3.65. The number of fused-ring (bicyclic) bond motifs is 1. The third-order valence-corrected chi connectivity index (χ3v) is 5.79. The summed E-state index contributed by atoms with van der Waals surface area (Å²) in [5.74, 6) is 0. The smallest absolute Gasteiger partial charge is 0.377 e. The fourth-order valence-corrected chi connectivity index (χ4v) is 3.75. The van der Waals surface area contributed by atoms with E-state index in [2.05, 4.69) is 11.1 Å². The van der Waals surface area contributed by atoms with E-state index in [1.54, 1.807) is 27.5 Å². The zero-order chi connectivity index (χ0) is 13.0. The summed E-state index contributed by atoms with van der Waals surface area (Å²) in [6.45, 7) is 0. The highest BCUT2D eigenvalue weighted by Crippen LogP contribution is 2.22. The van der Waals surface area contributed by atoms with Gasteiger partial charge in [-0.15, -0.1) is 0 Å². The number of hydrogen-bond donors (Lipinski definition) is 0. The van der Waals surface area contributed by atoms with Crippen LogP contribution in [0.15, 0.2) is 36.7 Å². The van der Waals surface area contributed by atoms with E-state index in [4.69, 9.17) is 13.3 Å². The summed E-state index contributed by atoms with van der Waals surface area (Å²) in [7, 11) is 2.30. The van der Waals surface area contributed by atoms with Crippen molar-refractivity contribution in [1.29, 1.82) is 0 Å². The van der Waals surface area contributed by atoms with Crippen LogP contribution < -0.4 is 0 Å². The number of aromatic nitrogens is 1. The van der Waals surface area contributed by atoms with E-state index >= 15 is 0 Å². The Kier molecular flexibility index (Phi) is 4.08. The maximum atomic E-state index is 5.47. The Bertz CT molecular complexity index is 515. The fraction of sp³-hybridized carbons (Fsp3) is 0.308. The largest absolute Gasteiger partial charge is 0.504 e. The first kappa shape index (κ1) is 13.2. The maximum absolute atomic E-state index is 5.47. The highest BCUT2D eigenvalue weighted by molar-refractivity contribution is 6.60. The molecule has 0 spiro atoms. The van der Waals surface area contributed by atoms with Crippen LogP contribution in [0.1, 0.15) is 5.56 Å². The van der Waals surface area contributed by atoms with E-state index in [0.29, 0.717) is 6.04 Å². The topological polar surface area (TPSA) is 40.6 Å². The van der Waals surface area contributed by atoms with Gasteiger partial charge in [-0.1, -0.05) is 18.2 Å². The van der Waals surface area contributed by atoms with Gasteiger partial charge in [0, 0.05) is 45.2 Å². The van der Waals surface area contributed by atoms with E-state index in [-0.39, 0.29) is 0 Å². The average molecular weight is 263 g/mol. The Morgan fingerprint density at radius 2 is 1.78 bits per heavy atom. The van der Waals surface area contributed by atoms with Crippen LogP contribution >= 0.6 is 0 Å². The zero-order valence-electron chi connectivity index (χ0n) is 10.8. The van der Waals surface area contributed by atoms with Gasteiger partial charge in [0.15, 0.2) is 0 Å². The van der Waals surface area contributed by atoms with Crippen LogP contribution in [0.5, 0.6) is 0 Å². The Labute approximate surface area is 108 Å². The highest BCUT2D eigenvalue weighted by atomic mass is 28.4. The molecule has 5 heteroatoms. The van der Waals surface area contributed by atoms with Gasteiger partial charge >= 0.3 is 8.80 Å². The first-order chi connectivity index (χ1) is 8.74. The molecule has 96 valence electrons. The van der Waals surface area contributed by atoms with Crippen molar-refractivity contribution >= 4 is 19.6 Å². The van der Waals surface area contributed by atoms with Crippen molar-refractivity contribution in [2.75, 3.05) is 21.3 Å². The summed E-state index contributed by atoms with van der Waals surface area (Å²) in [5.41, 5.74) is 1.16. The molecule has 2 rings (SSSR count). The number of pyridine rings is 1. The molecule has 0 atom stereocenters. The van der Waals surface area contributed by atoms with Crippen molar-refractivity contribution in [2.45, 2.75) is 6.04 Å². The quantitative estimate of drug-likeness (QED) is 0.775. The molecule has 1 aromatic carbocycles. The van der Waals surface area contributed by atoms with Gasteiger partial charge < -0.3 is 13.3 Å². The minimum Gasteiger partial charge on any atom is -0.377 e. The summed E-state index contributed by atoms with van der Waals surface area (Å²) in [6, 6.07) is 8.78. The number of rotatable bonds is 5. The van der Waals surface area contributed by atoms with Gasteiger partial charge in [0.25, 0.3) is 0 Å². The van der Waals surface area contributed by atoms with Gasteiger partial charge in [-0.25, -0.2) is 0 Å². The van der Waals surface area contributed by atoms with Gasteiger partial charge in [-0.05, 0) is 17.0 Å². The second-order valence-corrected chi connectivity index (χ2v) is 6.93. The predicted octanol–water partition coefficient (Wildman–Crippen LogP) is 2.19. The lowest BCUT2D eigenvalue weighted by Crippen LogP contribution is -2.45. The van der Waals surface area contributed by atoms with Crippen molar-refractivity contribution in [2.24, 2.45) is 0 Å². The molecule has 0 N–H and O–H groups in total. The summed E-state index contributed by atoms with van der Waals surface area (Å²) in [5, 5.41) is 2.27. The average Bonchev–Trinajstić information content (AvgIpc) is 2.45. The van der Waals surface area contributed by atoms with Gasteiger partial charge in [-0.3, -0.25) is 4.98 Å². The molecular formula is C13H17NO3Si. The molecular weight excluding hydrogens is 246 g/mol. The molecule has 18 heavy (non-hydrogen) atoms. The maximum Gasteiger partial charge on any atom is 0.504 e. The lowest BCUT2D eigenvalue weighted by atomic mass is 10.1. The Morgan fingerprint density at radius 1 is 1.06 bits per heavy atom. The van der Waals surface area contributed by atoms with Crippen molar-refractivity contribution in [3.8, 4) is 0 Å². The Morgan fingerprint density at radius 3 is 2.44 bits per heavy atom. The molecule has 0 radical (unpaired) electrons. The molecule has 1 heterocycles. The normalized spacial score (nSPS) is 11.9. The van der Waals surface area contributed by atoms with Crippen molar-refractivity contribution in [1.82, 2.24) is 4.98 Å². The Balaban J connectivity index is 2.42.